The second-order valence-corrected chi connectivity index (χ2v) is 6.61. The van der Waals surface area contributed by atoms with Crippen LogP contribution in [0, 0.1) is 0 Å². The fraction of sp³-hybridized carbons (Fsp3) is 0.600. The van der Waals surface area contributed by atoms with Crippen LogP contribution in [0.1, 0.15) is 20.8 Å². The van der Waals surface area contributed by atoms with E-state index in [1.54, 1.807) is 0 Å². The van der Waals surface area contributed by atoms with E-state index in [4.69, 9.17) is 4.74 Å². The molecule has 1 aromatic carbocycles. The van der Waals surface area contributed by atoms with Gasteiger partial charge in [-0.15, -0.1) is 11.8 Å². The van der Waals surface area contributed by atoms with Crippen LogP contribution in [-0.4, -0.2) is 42.3 Å². The second-order valence-electron chi connectivity index (χ2n) is 5.44. The topological polar surface area (TPSA) is 41.5 Å². The van der Waals surface area contributed by atoms with Crippen molar-refractivity contribution in [2.75, 3.05) is 25.4 Å². The van der Waals surface area contributed by atoms with Crippen molar-refractivity contribution >= 4 is 11.8 Å². The van der Waals surface area contributed by atoms with Crippen molar-refractivity contribution < 1.29 is 9.84 Å². The van der Waals surface area contributed by atoms with Crippen molar-refractivity contribution in [3.8, 4) is 0 Å². The molecule has 1 atom stereocenters. The zero-order valence-electron chi connectivity index (χ0n) is 12.1. The van der Waals surface area contributed by atoms with Gasteiger partial charge in [-0.3, -0.25) is 0 Å². The average molecular weight is 283 g/mol. The lowest BCUT2D eigenvalue weighted by atomic mass is 10.2. The van der Waals surface area contributed by atoms with Gasteiger partial charge in [0.1, 0.15) is 0 Å². The summed E-state index contributed by atoms with van der Waals surface area (Å²) in [5, 5.41) is 13.0. The van der Waals surface area contributed by atoms with Gasteiger partial charge in [0.15, 0.2) is 0 Å². The Balaban J connectivity index is 2.01. The molecule has 1 aromatic rings. The van der Waals surface area contributed by atoms with E-state index in [9.17, 15) is 5.11 Å². The number of thioether (sulfide) groups is 1. The maximum atomic E-state index is 9.73. The number of hydrogen-bond acceptors (Lipinski definition) is 4. The molecule has 0 saturated carbocycles. The van der Waals surface area contributed by atoms with Crippen LogP contribution < -0.4 is 5.32 Å². The van der Waals surface area contributed by atoms with Gasteiger partial charge in [-0.2, -0.15) is 0 Å². The molecule has 0 heterocycles. The van der Waals surface area contributed by atoms with Crippen LogP contribution >= 0.6 is 11.8 Å². The Morgan fingerprint density at radius 1 is 1.26 bits per heavy atom. The van der Waals surface area contributed by atoms with Crippen LogP contribution in [0.25, 0.3) is 0 Å². The maximum absolute atomic E-state index is 9.73. The molecule has 0 aliphatic heterocycles. The number of ether oxygens (including phenoxy) is 1. The monoisotopic (exact) mass is 283 g/mol. The number of aliphatic hydroxyl groups excluding tert-OH is 1. The van der Waals surface area contributed by atoms with Gasteiger partial charge in [-0.1, -0.05) is 18.2 Å². The van der Waals surface area contributed by atoms with Gasteiger partial charge in [0, 0.05) is 23.7 Å². The van der Waals surface area contributed by atoms with Gasteiger partial charge in [0.05, 0.1) is 18.3 Å². The summed E-state index contributed by atoms with van der Waals surface area (Å²) in [6, 6.07) is 10.3. The molecule has 0 saturated heterocycles. The summed E-state index contributed by atoms with van der Waals surface area (Å²) in [4.78, 5) is 1.28. The Hall–Kier alpha value is -0.550. The van der Waals surface area contributed by atoms with Crippen molar-refractivity contribution in [1.29, 1.82) is 0 Å². The number of aliphatic hydroxyl groups is 1. The molecule has 0 amide bonds. The lowest BCUT2D eigenvalue weighted by molar-refractivity contribution is -0.0477. The van der Waals surface area contributed by atoms with Gasteiger partial charge in [0.25, 0.3) is 0 Å². The SMILES string of the molecule is CC(C)(C)OCC(O)CNCCSc1ccccc1. The van der Waals surface area contributed by atoms with Crippen LogP contribution in [0.5, 0.6) is 0 Å². The van der Waals surface area contributed by atoms with Gasteiger partial charge in [0.2, 0.25) is 0 Å². The van der Waals surface area contributed by atoms with Gasteiger partial charge < -0.3 is 15.2 Å². The minimum atomic E-state index is -0.444. The summed E-state index contributed by atoms with van der Waals surface area (Å²) < 4.78 is 5.52. The molecule has 0 spiro atoms. The predicted molar refractivity (Wildman–Crippen MR) is 81.7 cm³/mol. The fourth-order valence-corrected chi connectivity index (χ4v) is 2.26. The Labute approximate surface area is 120 Å². The molecular formula is C15H25NO2S. The van der Waals surface area contributed by atoms with E-state index in [1.807, 2.05) is 50.7 Å². The van der Waals surface area contributed by atoms with Crippen molar-refractivity contribution in [1.82, 2.24) is 5.32 Å². The highest BCUT2D eigenvalue weighted by Crippen LogP contribution is 2.15. The number of nitrogens with one attached hydrogen (secondary N) is 1. The van der Waals surface area contributed by atoms with Gasteiger partial charge in [-0.05, 0) is 32.9 Å². The third kappa shape index (κ3) is 9.05. The molecule has 108 valence electrons. The predicted octanol–water partition coefficient (Wildman–Crippen LogP) is 2.54. The molecule has 19 heavy (non-hydrogen) atoms. The summed E-state index contributed by atoms with van der Waals surface area (Å²) in [5.74, 6) is 0.997. The summed E-state index contributed by atoms with van der Waals surface area (Å²) in [5.41, 5.74) is -0.190. The highest BCUT2D eigenvalue weighted by molar-refractivity contribution is 7.99. The Kier molecular flexibility index (Phi) is 7.46. The van der Waals surface area contributed by atoms with Crippen molar-refractivity contribution in [2.45, 2.75) is 37.4 Å². The van der Waals surface area contributed by atoms with E-state index >= 15 is 0 Å². The van der Waals surface area contributed by atoms with Crippen molar-refractivity contribution in [3.63, 3.8) is 0 Å². The van der Waals surface area contributed by atoms with E-state index in [1.165, 1.54) is 4.90 Å². The highest BCUT2D eigenvalue weighted by Gasteiger charge is 2.13. The Bertz CT molecular complexity index is 338. The molecule has 4 heteroatoms. The summed E-state index contributed by atoms with van der Waals surface area (Å²) in [6.07, 6.45) is -0.444. The van der Waals surface area contributed by atoms with E-state index in [0.29, 0.717) is 13.2 Å². The largest absolute Gasteiger partial charge is 0.389 e. The van der Waals surface area contributed by atoms with Gasteiger partial charge in [-0.25, -0.2) is 0 Å². The normalized spacial score (nSPS) is 13.5. The lowest BCUT2D eigenvalue weighted by Gasteiger charge is -2.22. The Morgan fingerprint density at radius 3 is 2.58 bits per heavy atom. The van der Waals surface area contributed by atoms with Gasteiger partial charge >= 0.3 is 0 Å². The minimum Gasteiger partial charge on any atom is -0.389 e. The first-order valence-electron chi connectivity index (χ1n) is 6.68. The number of rotatable bonds is 8. The first kappa shape index (κ1) is 16.5. The number of hydrogen-bond donors (Lipinski definition) is 2. The van der Waals surface area contributed by atoms with E-state index < -0.39 is 6.10 Å². The number of benzene rings is 1. The van der Waals surface area contributed by atoms with E-state index in [2.05, 4.69) is 17.4 Å². The molecule has 0 fully saturated rings. The Morgan fingerprint density at radius 2 is 1.95 bits per heavy atom. The zero-order valence-corrected chi connectivity index (χ0v) is 12.9. The second kappa shape index (κ2) is 8.59. The molecule has 1 unspecified atom stereocenters. The molecular weight excluding hydrogens is 258 g/mol. The van der Waals surface area contributed by atoms with Crippen molar-refractivity contribution in [3.05, 3.63) is 30.3 Å². The molecule has 0 bridgehead atoms. The molecule has 0 radical (unpaired) electrons. The van der Waals surface area contributed by atoms with Crippen LogP contribution in [0.4, 0.5) is 0 Å². The lowest BCUT2D eigenvalue weighted by Crippen LogP contribution is -2.34. The quantitative estimate of drug-likeness (QED) is 0.568. The highest BCUT2D eigenvalue weighted by atomic mass is 32.2. The van der Waals surface area contributed by atoms with Crippen LogP contribution in [0.2, 0.25) is 0 Å². The maximum Gasteiger partial charge on any atom is 0.0897 e. The third-order valence-corrected chi connectivity index (χ3v) is 3.39. The van der Waals surface area contributed by atoms with E-state index in [-0.39, 0.29) is 5.60 Å². The van der Waals surface area contributed by atoms with Crippen LogP contribution in [0.15, 0.2) is 35.2 Å². The molecule has 0 aromatic heterocycles. The summed E-state index contributed by atoms with van der Waals surface area (Å²) >= 11 is 1.81. The van der Waals surface area contributed by atoms with E-state index in [0.717, 1.165) is 12.3 Å². The zero-order chi connectivity index (χ0) is 14.1. The van der Waals surface area contributed by atoms with Crippen LogP contribution in [-0.2, 0) is 4.74 Å². The summed E-state index contributed by atoms with van der Waals surface area (Å²) in [7, 11) is 0. The fourth-order valence-electron chi connectivity index (χ4n) is 1.43. The minimum absolute atomic E-state index is 0.190. The summed E-state index contributed by atoms with van der Waals surface area (Å²) in [6.45, 7) is 7.80. The molecule has 2 N–H and O–H groups in total. The molecule has 0 aliphatic rings. The average Bonchev–Trinajstić information content (AvgIpc) is 2.36. The molecule has 1 rings (SSSR count). The molecule has 0 aliphatic carbocycles. The van der Waals surface area contributed by atoms with Crippen LogP contribution in [0.3, 0.4) is 0 Å². The molecule has 3 nitrogen and oxygen atoms in total. The first-order chi connectivity index (χ1) is 8.97. The first-order valence-corrected chi connectivity index (χ1v) is 7.66. The smallest absolute Gasteiger partial charge is 0.0897 e. The van der Waals surface area contributed by atoms with Crippen molar-refractivity contribution in [2.24, 2.45) is 0 Å². The third-order valence-electron chi connectivity index (χ3n) is 2.38. The standard InChI is InChI=1S/C15H25NO2S/c1-15(2,3)18-12-13(17)11-16-9-10-19-14-7-5-4-6-8-14/h4-8,13,16-17H,9-12H2,1-3H3.